The number of nitrogens with two attached hydrogens (primary N) is 2. The SMILES string of the molecule is CCN(CC)c1ccc2cc(C(=O)CCCOCCC(=O)NC(CCCN=C(N)N)C(=O)CC(C)c3cc(OC)c(OCCCC(=O)NCCc4ccc(O)cc4)cc3[N+](=O)[O-])c(=O)oc2c1. The Bertz CT molecular complexity index is 2400. The van der Waals surface area contributed by atoms with Crippen molar-refractivity contribution >= 4 is 51.7 Å². The van der Waals surface area contributed by atoms with E-state index in [2.05, 4.69) is 20.5 Å². The zero-order chi connectivity index (χ0) is 48.9. The third-order valence-electron chi connectivity index (χ3n) is 11.0. The number of nitro groups is 1. The van der Waals surface area contributed by atoms with E-state index in [-0.39, 0.29) is 122 Å². The third-order valence-corrected chi connectivity index (χ3v) is 11.0. The zero-order valence-electron chi connectivity index (χ0n) is 38.7. The number of anilines is 1. The van der Waals surface area contributed by atoms with Crippen LogP contribution in [0.1, 0.15) is 99.5 Å². The van der Waals surface area contributed by atoms with Crippen LogP contribution in [0.3, 0.4) is 0 Å². The number of ether oxygens (including phenoxy) is 3. The van der Waals surface area contributed by atoms with Gasteiger partial charge in [-0.2, -0.15) is 0 Å². The van der Waals surface area contributed by atoms with Crippen LogP contribution < -0.4 is 42.1 Å². The Hall–Kier alpha value is -7.02. The largest absolute Gasteiger partial charge is 0.508 e. The van der Waals surface area contributed by atoms with Crippen LogP contribution in [0.4, 0.5) is 11.4 Å². The topological polar surface area (TPSA) is 281 Å². The number of nitro benzene ring substituents is 1. The average molecular weight is 930 g/mol. The molecule has 1 heterocycles. The van der Waals surface area contributed by atoms with Gasteiger partial charge in [0.05, 0.1) is 37.4 Å². The summed E-state index contributed by atoms with van der Waals surface area (Å²) in [5.74, 6) is -1.75. The number of guanidine groups is 1. The molecule has 4 aromatic rings. The number of carbonyl (C=O) groups is 4. The fraction of sp³-hybridized carbons (Fsp3) is 0.458. The number of hydrogen-bond acceptors (Lipinski definition) is 14. The van der Waals surface area contributed by atoms with Crippen LogP contribution in [-0.2, 0) is 25.5 Å². The van der Waals surface area contributed by atoms with Crippen molar-refractivity contribution in [2.24, 2.45) is 16.5 Å². The van der Waals surface area contributed by atoms with Crippen molar-refractivity contribution in [2.75, 3.05) is 58.0 Å². The molecule has 0 saturated heterocycles. The van der Waals surface area contributed by atoms with Gasteiger partial charge in [0.15, 0.2) is 29.0 Å². The van der Waals surface area contributed by atoms with Gasteiger partial charge in [0, 0.05) is 81.2 Å². The molecule has 0 aliphatic carbocycles. The summed E-state index contributed by atoms with van der Waals surface area (Å²) in [7, 11) is 1.38. The first-order valence-corrected chi connectivity index (χ1v) is 22.5. The van der Waals surface area contributed by atoms with Crippen LogP contribution >= 0.6 is 0 Å². The molecule has 0 aliphatic rings. The molecule has 0 spiro atoms. The molecular weight excluding hydrogens is 867 g/mol. The average Bonchev–Trinajstić information content (AvgIpc) is 3.30. The molecule has 2 amide bonds. The van der Waals surface area contributed by atoms with Crippen molar-refractivity contribution < 1.29 is 47.8 Å². The molecule has 0 fully saturated rings. The first-order chi connectivity index (χ1) is 32.1. The molecule has 67 heavy (non-hydrogen) atoms. The molecule has 0 saturated carbocycles. The summed E-state index contributed by atoms with van der Waals surface area (Å²) in [5.41, 5.74) is 12.4. The van der Waals surface area contributed by atoms with Gasteiger partial charge in [0.1, 0.15) is 16.9 Å². The molecule has 0 radical (unpaired) electrons. The van der Waals surface area contributed by atoms with Gasteiger partial charge in [0.25, 0.3) is 5.69 Å². The van der Waals surface area contributed by atoms with Gasteiger partial charge in [-0.25, -0.2) is 4.79 Å². The number of methoxy groups -OCH3 is 1. The maximum absolute atomic E-state index is 13.8. The van der Waals surface area contributed by atoms with E-state index in [1.54, 1.807) is 43.3 Å². The summed E-state index contributed by atoms with van der Waals surface area (Å²) in [6.45, 7) is 8.12. The first kappa shape index (κ1) is 52.6. The molecule has 2 unspecified atom stereocenters. The number of phenolic OH excluding ortho intramolecular Hbond substituents is 1. The number of Topliss-reactive ketones (excluding diaryl/α,β-unsaturated/α-hetero) is 2. The van der Waals surface area contributed by atoms with E-state index in [1.165, 1.54) is 19.2 Å². The van der Waals surface area contributed by atoms with Gasteiger partial charge in [0.2, 0.25) is 11.8 Å². The number of amides is 2. The van der Waals surface area contributed by atoms with Crippen molar-refractivity contribution in [3.63, 3.8) is 0 Å². The minimum absolute atomic E-state index is 0.00594. The van der Waals surface area contributed by atoms with Gasteiger partial charge < -0.3 is 50.7 Å². The van der Waals surface area contributed by atoms with E-state index in [0.717, 1.165) is 24.3 Å². The number of nitrogens with one attached hydrogen (secondary N) is 2. The molecule has 19 heteroatoms. The molecule has 362 valence electrons. The predicted octanol–water partition coefficient (Wildman–Crippen LogP) is 5.45. The standard InChI is InChI=1S/C48H63N7O12/c1-5-54(6-2)34-16-15-33-27-37(47(61)67-42(33)28-34)40(57)11-8-23-65-25-20-46(60)53-38(10-7-21-52-48(49)50)41(58)26-31(3)36-29-43(64-4)44(30-39(36)55(62)63)66-24-9-12-45(59)51-22-19-32-13-17-35(56)18-14-32/h13-18,27-31,38,56H,5-12,19-26H2,1-4H3,(H,51,59)(H,53,60)(H4,49,50,52). The lowest BCUT2D eigenvalue weighted by atomic mass is 9.90. The molecule has 19 nitrogen and oxygen atoms in total. The molecular formula is C48H63N7O12. The lowest BCUT2D eigenvalue weighted by Gasteiger charge is -2.21. The lowest BCUT2D eigenvalue weighted by Crippen LogP contribution is -2.41. The number of hydrogen-bond donors (Lipinski definition) is 5. The number of phenols is 1. The second-order valence-electron chi connectivity index (χ2n) is 15.9. The van der Waals surface area contributed by atoms with E-state index in [1.807, 2.05) is 26.0 Å². The number of aliphatic imine (C=N–C) groups is 1. The normalized spacial score (nSPS) is 11.9. The Kier molecular flexibility index (Phi) is 21.1. The highest BCUT2D eigenvalue weighted by Gasteiger charge is 2.28. The Morgan fingerprint density at radius 2 is 1.64 bits per heavy atom. The van der Waals surface area contributed by atoms with Gasteiger partial charge in [-0.3, -0.25) is 34.3 Å². The lowest BCUT2D eigenvalue weighted by molar-refractivity contribution is -0.385. The zero-order valence-corrected chi connectivity index (χ0v) is 38.7. The Morgan fingerprint density at radius 1 is 0.910 bits per heavy atom. The third kappa shape index (κ3) is 16.7. The van der Waals surface area contributed by atoms with Gasteiger partial charge in [-0.15, -0.1) is 0 Å². The number of ketones is 2. The number of fused-ring (bicyclic) bond motifs is 1. The second kappa shape index (κ2) is 26.8. The van der Waals surface area contributed by atoms with Crippen molar-refractivity contribution in [1.29, 1.82) is 0 Å². The van der Waals surface area contributed by atoms with Crippen molar-refractivity contribution in [1.82, 2.24) is 10.6 Å². The number of carbonyl (C=O) groups excluding carboxylic acids is 4. The predicted molar refractivity (Wildman–Crippen MR) is 254 cm³/mol. The highest BCUT2D eigenvalue weighted by molar-refractivity contribution is 5.98. The van der Waals surface area contributed by atoms with Crippen LogP contribution in [0.5, 0.6) is 17.2 Å². The highest BCUT2D eigenvalue weighted by Crippen LogP contribution is 2.39. The first-order valence-electron chi connectivity index (χ1n) is 22.5. The highest BCUT2D eigenvalue weighted by atomic mass is 16.6. The van der Waals surface area contributed by atoms with E-state index >= 15 is 0 Å². The fourth-order valence-corrected chi connectivity index (χ4v) is 7.36. The molecule has 2 atom stereocenters. The molecule has 3 aromatic carbocycles. The molecule has 7 N–H and O–H groups in total. The maximum atomic E-state index is 13.8. The molecule has 0 bridgehead atoms. The monoisotopic (exact) mass is 929 g/mol. The summed E-state index contributed by atoms with van der Waals surface area (Å²) in [6, 6.07) is 15.5. The number of rotatable bonds is 30. The second-order valence-corrected chi connectivity index (χ2v) is 15.9. The molecule has 0 aliphatic heterocycles. The quantitative estimate of drug-likeness (QED) is 0.00827. The van der Waals surface area contributed by atoms with Gasteiger partial charge >= 0.3 is 5.63 Å². The summed E-state index contributed by atoms with van der Waals surface area (Å²) < 4.78 is 22.4. The minimum Gasteiger partial charge on any atom is -0.508 e. The van der Waals surface area contributed by atoms with Crippen molar-refractivity contribution in [3.05, 3.63) is 97.9 Å². The van der Waals surface area contributed by atoms with E-state index < -0.39 is 28.4 Å². The van der Waals surface area contributed by atoms with Crippen molar-refractivity contribution in [2.45, 2.75) is 90.5 Å². The van der Waals surface area contributed by atoms with Crippen LogP contribution in [0, 0.1) is 10.1 Å². The van der Waals surface area contributed by atoms with E-state index in [0.29, 0.717) is 36.8 Å². The number of nitrogens with zero attached hydrogens (tertiary/aromatic N) is 3. The van der Waals surface area contributed by atoms with Gasteiger partial charge in [-0.05, 0) is 93.8 Å². The van der Waals surface area contributed by atoms with Crippen LogP contribution in [0.15, 0.2) is 74.9 Å². The summed E-state index contributed by atoms with van der Waals surface area (Å²) in [4.78, 5) is 82.7. The maximum Gasteiger partial charge on any atom is 0.347 e. The number of aromatic hydroxyl groups is 1. The van der Waals surface area contributed by atoms with Crippen LogP contribution in [0.25, 0.3) is 11.0 Å². The summed E-state index contributed by atoms with van der Waals surface area (Å²) in [6.07, 6.45) is 1.65. The van der Waals surface area contributed by atoms with Crippen LogP contribution in [-0.4, -0.2) is 98.5 Å². The molecule has 4 rings (SSSR count). The van der Waals surface area contributed by atoms with Crippen molar-refractivity contribution in [3.8, 4) is 17.2 Å². The van der Waals surface area contributed by atoms with E-state index in [4.69, 9.17) is 30.1 Å². The molecule has 1 aromatic heterocycles. The smallest absolute Gasteiger partial charge is 0.347 e. The Labute approximate surface area is 389 Å². The summed E-state index contributed by atoms with van der Waals surface area (Å²) in [5, 5.41) is 28.0. The fourth-order valence-electron chi connectivity index (χ4n) is 7.36. The number of benzene rings is 3. The Morgan fingerprint density at radius 3 is 2.33 bits per heavy atom. The van der Waals surface area contributed by atoms with Gasteiger partial charge in [-0.1, -0.05) is 19.1 Å². The van der Waals surface area contributed by atoms with Crippen LogP contribution in [0.2, 0.25) is 0 Å². The Balaban J connectivity index is 1.28. The summed E-state index contributed by atoms with van der Waals surface area (Å²) >= 11 is 0. The van der Waals surface area contributed by atoms with E-state index in [9.17, 15) is 39.2 Å². The minimum atomic E-state index is -0.965.